The molecule has 3 atom stereocenters. The Morgan fingerprint density at radius 1 is 0.897 bits per heavy atom. The third-order valence-electron chi connectivity index (χ3n) is 8.41. The summed E-state index contributed by atoms with van der Waals surface area (Å²) in [5, 5.41) is 3.29. The van der Waals surface area contributed by atoms with Crippen LogP contribution < -0.4 is 5.32 Å². The van der Waals surface area contributed by atoms with Gasteiger partial charge >= 0.3 is 6.03 Å². The van der Waals surface area contributed by atoms with Gasteiger partial charge in [-0.25, -0.2) is 4.79 Å². The zero-order valence-corrected chi connectivity index (χ0v) is 17.9. The summed E-state index contributed by atoms with van der Waals surface area (Å²) in [6, 6.07) is 1.68. The molecule has 0 aromatic carbocycles. The van der Waals surface area contributed by atoms with E-state index in [0.717, 1.165) is 71.2 Å². The Balaban J connectivity index is 1.13. The van der Waals surface area contributed by atoms with Gasteiger partial charge in [0, 0.05) is 57.3 Å². The average Bonchev–Trinajstić information content (AvgIpc) is 2.75. The Kier molecular flexibility index (Phi) is 5.72. The van der Waals surface area contributed by atoms with Gasteiger partial charge in [0.15, 0.2) is 0 Å². The van der Waals surface area contributed by atoms with Crippen molar-refractivity contribution in [2.45, 2.75) is 88.8 Å². The lowest BCUT2D eigenvalue weighted by Crippen LogP contribution is -2.62. The third kappa shape index (κ3) is 4.14. The van der Waals surface area contributed by atoms with Gasteiger partial charge in [0.25, 0.3) is 0 Å². The Hall–Kier alpha value is -1.30. The van der Waals surface area contributed by atoms with E-state index in [1.54, 1.807) is 0 Å². The van der Waals surface area contributed by atoms with E-state index in [1.807, 2.05) is 0 Å². The number of fused-ring (bicyclic) bond motifs is 4. The molecule has 4 aliphatic heterocycles. The van der Waals surface area contributed by atoms with E-state index >= 15 is 0 Å². The average molecular weight is 403 g/mol. The minimum absolute atomic E-state index is 0.169. The van der Waals surface area contributed by atoms with Crippen molar-refractivity contribution in [2.24, 2.45) is 11.8 Å². The van der Waals surface area contributed by atoms with Gasteiger partial charge in [-0.2, -0.15) is 0 Å². The molecule has 3 amide bonds. The van der Waals surface area contributed by atoms with Crippen LogP contribution in [0.2, 0.25) is 0 Å². The zero-order chi connectivity index (χ0) is 19.8. The van der Waals surface area contributed by atoms with Crippen LogP contribution in [0.25, 0.3) is 0 Å². The minimum atomic E-state index is 0.169. The first-order valence-electron chi connectivity index (χ1n) is 12.3. The highest BCUT2D eigenvalue weighted by molar-refractivity contribution is 5.77. The van der Waals surface area contributed by atoms with Gasteiger partial charge in [-0.05, 0) is 56.8 Å². The molecule has 4 heterocycles. The number of rotatable bonds is 2. The lowest BCUT2D eigenvalue weighted by Gasteiger charge is -2.54. The first-order valence-corrected chi connectivity index (χ1v) is 12.3. The van der Waals surface area contributed by atoms with Gasteiger partial charge in [-0.15, -0.1) is 0 Å². The maximum Gasteiger partial charge on any atom is 0.317 e. The first kappa shape index (κ1) is 19.7. The van der Waals surface area contributed by atoms with Crippen LogP contribution in [0.1, 0.15) is 70.6 Å². The predicted molar refractivity (Wildman–Crippen MR) is 113 cm³/mol. The second-order valence-electron chi connectivity index (χ2n) is 10.3. The van der Waals surface area contributed by atoms with E-state index < -0.39 is 0 Å². The molecular formula is C23H38N4O2. The fraction of sp³-hybridized carbons (Fsp3) is 0.913. The van der Waals surface area contributed by atoms with Crippen LogP contribution in [-0.4, -0.2) is 77.5 Å². The van der Waals surface area contributed by atoms with Gasteiger partial charge in [0.1, 0.15) is 0 Å². The number of carbonyl (C=O) groups is 2. The summed E-state index contributed by atoms with van der Waals surface area (Å²) < 4.78 is 0. The molecule has 4 saturated heterocycles. The van der Waals surface area contributed by atoms with Gasteiger partial charge in [-0.1, -0.05) is 19.3 Å². The number of amides is 3. The number of carbonyl (C=O) groups excluding carboxylic acids is 2. The highest BCUT2D eigenvalue weighted by Gasteiger charge is 2.45. The van der Waals surface area contributed by atoms with Gasteiger partial charge in [0.2, 0.25) is 5.91 Å². The molecule has 0 aromatic heterocycles. The van der Waals surface area contributed by atoms with E-state index in [4.69, 9.17) is 0 Å². The summed E-state index contributed by atoms with van der Waals surface area (Å²) in [6.07, 6.45) is 12.7. The molecule has 5 fully saturated rings. The van der Waals surface area contributed by atoms with Crippen molar-refractivity contribution in [2.75, 3.05) is 32.7 Å². The summed E-state index contributed by atoms with van der Waals surface area (Å²) in [6.45, 7) is 5.07. The highest BCUT2D eigenvalue weighted by Crippen LogP contribution is 2.39. The number of hydrogen-bond acceptors (Lipinski definition) is 3. The molecule has 1 saturated carbocycles. The van der Waals surface area contributed by atoms with Crippen molar-refractivity contribution in [1.82, 2.24) is 20.0 Å². The number of nitrogens with zero attached hydrogens (tertiary/aromatic N) is 3. The molecule has 2 bridgehead atoms. The molecule has 2 unspecified atom stereocenters. The molecule has 0 aromatic rings. The summed E-state index contributed by atoms with van der Waals surface area (Å²) >= 11 is 0. The second kappa shape index (κ2) is 8.44. The van der Waals surface area contributed by atoms with E-state index in [-0.39, 0.29) is 6.03 Å². The first-order chi connectivity index (χ1) is 14.2. The molecule has 162 valence electrons. The molecule has 1 aliphatic carbocycles. The molecule has 0 spiro atoms. The molecule has 6 heteroatoms. The quantitative estimate of drug-likeness (QED) is 0.773. The SMILES string of the molecule is O=C(NC1CCCCC1)N1CCC(N2CC3CC(C2)[C@H]2CCCC(=O)N2C3)CC1. The number of hydrogen-bond donors (Lipinski definition) is 1. The number of likely N-dealkylation sites (tertiary alicyclic amines) is 2. The lowest BCUT2D eigenvalue weighted by molar-refractivity contribution is -0.145. The van der Waals surface area contributed by atoms with Crippen LogP contribution >= 0.6 is 0 Å². The Labute approximate surface area is 175 Å². The van der Waals surface area contributed by atoms with E-state index in [1.165, 1.54) is 32.1 Å². The molecule has 5 rings (SSSR count). The zero-order valence-electron chi connectivity index (χ0n) is 17.9. The van der Waals surface area contributed by atoms with Crippen LogP contribution in [0.15, 0.2) is 0 Å². The van der Waals surface area contributed by atoms with Crippen molar-refractivity contribution < 1.29 is 9.59 Å². The molecule has 29 heavy (non-hydrogen) atoms. The van der Waals surface area contributed by atoms with E-state index in [0.29, 0.717) is 35.9 Å². The molecular weight excluding hydrogens is 364 g/mol. The highest BCUT2D eigenvalue weighted by atomic mass is 16.2. The smallest absolute Gasteiger partial charge is 0.317 e. The second-order valence-corrected chi connectivity index (χ2v) is 10.3. The largest absolute Gasteiger partial charge is 0.339 e. The van der Waals surface area contributed by atoms with Crippen LogP contribution in [0.5, 0.6) is 0 Å². The summed E-state index contributed by atoms with van der Waals surface area (Å²) in [5.41, 5.74) is 0. The third-order valence-corrected chi connectivity index (χ3v) is 8.41. The molecule has 1 N–H and O–H groups in total. The van der Waals surface area contributed by atoms with Crippen molar-refractivity contribution >= 4 is 11.9 Å². The van der Waals surface area contributed by atoms with Crippen LogP contribution in [0.3, 0.4) is 0 Å². The maximum absolute atomic E-state index is 12.7. The van der Waals surface area contributed by atoms with Crippen molar-refractivity contribution in [3.8, 4) is 0 Å². The predicted octanol–water partition coefficient (Wildman–Crippen LogP) is 2.83. The van der Waals surface area contributed by atoms with E-state index in [9.17, 15) is 9.59 Å². The topological polar surface area (TPSA) is 55.9 Å². The van der Waals surface area contributed by atoms with Gasteiger partial charge in [0.05, 0.1) is 0 Å². The Morgan fingerprint density at radius 3 is 2.48 bits per heavy atom. The fourth-order valence-corrected chi connectivity index (χ4v) is 6.89. The summed E-state index contributed by atoms with van der Waals surface area (Å²) in [5.74, 6) is 1.72. The van der Waals surface area contributed by atoms with E-state index in [2.05, 4.69) is 20.0 Å². The van der Waals surface area contributed by atoms with Crippen molar-refractivity contribution in [3.05, 3.63) is 0 Å². The lowest BCUT2D eigenvalue weighted by atomic mass is 9.75. The number of nitrogens with one attached hydrogen (secondary N) is 1. The van der Waals surface area contributed by atoms with Crippen molar-refractivity contribution in [3.63, 3.8) is 0 Å². The Morgan fingerprint density at radius 2 is 1.69 bits per heavy atom. The van der Waals surface area contributed by atoms with Crippen molar-refractivity contribution in [1.29, 1.82) is 0 Å². The van der Waals surface area contributed by atoms with Gasteiger partial charge in [-0.3, -0.25) is 9.69 Å². The molecule has 0 radical (unpaired) electrons. The fourth-order valence-electron chi connectivity index (χ4n) is 6.89. The Bertz CT molecular complexity index is 612. The standard InChI is InChI=1S/C23H38N4O2/c28-22-8-4-7-21-18-13-17(15-27(21)22)14-26(16-18)20-9-11-25(12-10-20)23(29)24-19-5-2-1-3-6-19/h17-21H,1-16H2,(H,24,29)/t17?,18?,21-/m1/s1. The number of piperidine rings is 4. The monoisotopic (exact) mass is 402 g/mol. The van der Waals surface area contributed by atoms with Gasteiger partial charge < -0.3 is 15.1 Å². The molecule has 6 nitrogen and oxygen atoms in total. The van der Waals surface area contributed by atoms with Crippen LogP contribution in [0.4, 0.5) is 4.79 Å². The van der Waals surface area contributed by atoms with Crippen LogP contribution in [-0.2, 0) is 4.79 Å². The maximum atomic E-state index is 12.7. The summed E-state index contributed by atoms with van der Waals surface area (Å²) in [4.78, 5) is 32.0. The van der Waals surface area contributed by atoms with Crippen LogP contribution in [0, 0.1) is 11.8 Å². The summed E-state index contributed by atoms with van der Waals surface area (Å²) in [7, 11) is 0. The minimum Gasteiger partial charge on any atom is -0.339 e. The molecule has 5 aliphatic rings. The normalized spacial score (nSPS) is 34.8. The number of urea groups is 1.